The van der Waals surface area contributed by atoms with Gasteiger partial charge in [-0.25, -0.2) is 8.42 Å². The van der Waals surface area contributed by atoms with Gasteiger partial charge in [-0.1, -0.05) is 19.1 Å². The van der Waals surface area contributed by atoms with Crippen LogP contribution in [0.1, 0.15) is 13.3 Å². The van der Waals surface area contributed by atoms with Crippen molar-refractivity contribution in [2.24, 2.45) is 5.73 Å². The molecule has 2 N–H and O–H groups in total. The summed E-state index contributed by atoms with van der Waals surface area (Å²) >= 11 is 4.68. The Morgan fingerprint density at radius 3 is 2.33 bits per heavy atom. The van der Waals surface area contributed by atoms with Crippen molar-refractivity contribution < 1.29 is 13.2 Å². The minimum Gasteiger partial charge on any atom is -0.392 e. The second-order valence-corrected chi connectivity index (χ2v) is 6.02. The van der Waals surface area contributed by atoms with Crippen molar-refractivity contribution in [1.29, 1.82) is 0 Å². The van der Waals surface area contributed by atoms with E-state index in [0.717, 1.165) is 12.7 Å². The monoisotopic (exact) mass is 252 g/mol. The summed E-state index contributed by atoms with van der Waals surface area (Å²) in [5.41, 5.74) is 5.31. The SMILES string of the molecule is CCCN(CC(N)=S)C(=O)CS(C)(=O)=O. The number of amides is 1. The summed E-state index contributed by atoms with van der Waals surface area (Å²) in [5, 5.41) is 0. The molecule has 5 nitrogen and oxygen atoms in total. The molecule has 0 fully saturated rings. The van der Waals surface area contributed by atoms with Crippen LogP contribution in [-0.4, -0.2) is 49.3 Å². The fourth-order valence-corrected chi connectivity index (χ4v) is 1.85. The molecule has 0 atom stereocenters. The van der Waals surface area contributed by atoms with Crippen molar-refractivity contribution in [2.75, 3.05) is 25.1 Å². The molecule has 0 aliphatic rings. The van der Waals surface area contributed by atoms with E-state index >= 15 is 0 Å². The molecule has 0 saturated heterocycles. The van der Waals surface area contributed by atoms with Crippen LogP contribution in [0.4, 0.5) is 0 Å². The van der Waals surface area contributed by atoms with Gasteiger partial charge in [-0.15, -0.1) is 0 Å². The molecule has 0 unspecified atom stereocenters. The molecular weight excluding hydrogens is 236 g/mol. The van der Waals surface area contributed by atoms with Crippen LogP contribution in [0.2, 0.25) is 0 Å². The van der Waals surface area contributed by atoms with E-state index in [1.54, 1.807) is 0 Å². The fourth-order valence-electron chi connectivity index (χ4n) is 1.07. The lowest BCUT2D eigenvalue weighted by Crippen LogP contribution is -2.41. The van der Waals surface area contributed by atoms with Gasteiger partial charge in [0.1, 0.15) is 5.75 Å². The van der Waals surface area contributed by atoms with Gasteiger partial charge in [0, 0.05) is 12.8 Å². The Balaban J connectivity index is 4.48. The third kappa shape index (κ3) is 7.26. The molecule has 0 saturated carbocycles. The van der Waals surface area contributed by atoms with Crippen molar-refractivity contribution in [3.63, 3.8) is 0 Å². The standard InChI is InChI=1S/C8H16N2O3S2/c1-3-4-10(5-7(9)14)8(11)6-15(2,12)13/h3-6H2,1-2H3,(H2,9,14). The van der Waals surface area contributed by atoms with Crippen LogP contribution >= 0.6 is 12.2 Å². The zero-order valence-electron chi connectivity index (χ0n) is 8.89. The summed E-state index contributed by atoms with van der Waals surface area (Å²) < 4.78 is 21.8. The number of nitrogens with zero attached hydrogens (tertiary/aromatic N) is 1. The quantitative estimate of drug-likeness (QED) is 0.648. The van der Waals surface area contributed by atoms with Crippen LogP contribution in [-0.2, 0) is 14.6 Å². The van der Waals surface area contributed by atoms with Crippen molar-refractivity contribution in [3.8, 4) is 0 Å². The molecule has 0 radical (unpaired) electrons. The molecule has 0 spiro atoms. The highest BCUT2D eigenvalue weighted by Gasteiger charge is 2.18. The lowest BCUT2D eigenvalue weighted by molar-refractivity contribution is -0.127. The van der Waals surface area contributed by atoms with Crippen LogP contribution in [0.5, 0.6) is 0 Å². The first-order valence-electron chi connectivity index (χ1n) is 4.50. The summed E-state index contributed by atoms with van der Waals surface area (Å²) in [6.45, 7) is 2.49. The van der Waals surface area contributed by atoms with Crippen molar-refractivity contribution >= 4 is 33.0 Å². The molecule has 15 heavy (non-hydrogen) atoms. The second-order valence-electron chi connectivity index (χ2n) is 3.35. The van der Waals surface area contributed by atoms with Gasteiger partial charge in [-0.3, -0.25) is 4.79 Å². The Hall–Kier alpha value is -0.690. The van der Waals surface area contributed by atoms with E-state index in [-0.39, 0.29) is 11.5 Å². The maximum Gasteiger partial charge on any atom is 0.238 e. The lowest BCUT2D eigenvalue weighted by Gasteiger charge is -2.20. The number of rotatable bonds is 6. The highest BCUT2D eigenvalue weighted by molar-refractivity contribution is 7.91. The number of carbonyl (C=O) groups excluding carboxylic acids is 1. The van der Waals surface area contributed by atoms with Gasteiger partial charge in [0.15, 0.2) is 9.84 Å². The van der Waals surface area contributed by atoms with Gasteiger partial charge < -0.3 is 10.6 Å². The normalized spacial score (nSPS) is 11.1. The first-order valence-corrected chi connectivity index (χ1v) is 6.97. The predicted molar refractivity (Wildman–Crippen MR) is 63.4 cm³/mol. The largest absolute Gasteiger partial charge is 0.392 e. The van der Waals surface area contributed by atoms with E-state index in [4.69, 9.17) is 5.73 Å². The number of hydrogen-bond donors (Lipinski definition) is 1. The van der Waals surface area contributed by atoms with E-state index in [1.807, 2.05) is 6.92 Å². The van der Waals surface area contributed by atoms with E-state index in [1.165, 1.54) is 4.90 Å². The maximum atomic E-state index is 11.5. The topological polar surface area (TPSA) is 80.5 Å². The minimum absolute atomic E-state index is 0.136. The number of thiocarbonyl (C=S) groups is 1. The molecule has 0 aliphatic heterocycles. The Morgan fingerprint density at radius 1 is 1.47 bits per heavy atom. The van der Waals surface area contributed by atoms with Crippen molar-refractivity contribution in [3.05, 3.63) is 0 Å². The second kappa shape index (κ2) is 6.02. The average Bonchev–Trinajstić information content (AvgIpc) is 1.99. The first kappa shape index (κ1) is 14.3. The summed E-state index contributed by atoms with van der Waals surface area (Å²) in [6.07, 6.45) is 1.76. The molecule has 0 aromatic rings. The number of hydrogen-bond acceptors (Lipinski definition) is 4. The van der Waals surface area contributed by atoms with E-state index < -0.39 is 21.5 Å². The summed E-state index contributed by atoms with van der Waals surface area (Å²) in [4.78, 5) is 13.1. The Morgan fingerprint density at radius 2 is 2.00 bits per heavy atom. The molecule has 0 aliphatic carbocycles. The van der Waals surface area contributed by atoms with Crippen molar-refractivity contribution in [2.45, 2.75) is 13.3 Å². The van der Waals surface area contributed by atoms with Crippen LogP contribution in [0, 0.1) is 0 Å². The van der Waals surface area contributed by atoms with E-state index in [2.05, 4.69) is 12.2 Å². The van der Waals surface area contributed by atoms with Gasteiger partial charge in [0.25, 0.3) is 0 Å². The average molecular weight is 252 g/mol. The smallest absolute Gasteiger partial charge is 0.238 e. The molecule has 0 aromatic heterocycles. The molecular formula is C8H16N2O3S2. The summed E-state index contributed by atoms with van der Waals surface area (Å²) in [7, 11) is -3.30. The molecule has 0 heterocycles. The van der Waals surface area contributed by atoms with Crippen LogP contribution < -0.4 is 5.73 Å². The predicted octanol–water partition coefficient (Wildman–Crippen LogP) is -0.444. The molecule has 0 bridgehead atoms. The molecule has 1 amide bonds. The zero-order chi connectivity index (χ0) is 12.1. The van der Waals surface area contributed by atoms with Crippen LogP contribution in [0.25, 0.3) is 0 Å². The Labute approximate surface area is 95.5 Å². The third-order valence-electron chi connectivity index (χ3n) is 1.58. The Kier molecular flexibility index (Phi) is 5.74. The number of carbonyl (C=O) groups is 1. The highest BCUT2D eigenvalue weighted by Crippen LogP contribution is 1.96. The van der Waals surface area contributed by atoms with E-state index in [0.29, 0.717) is 6.54 Å². The zero-order valence-corrected chi connectivity index (χ0v) is 10.5. The number of sulfone groups is 1. The Bertz CT molecular complexity index is 338. The fraction of sp³-hybridized carbons (Fsp3) is 0.750. The van der Waals surface area contributed by atoms with Gasteiger partial charge in [-0.05, 0) is 6.42 Å². The summed E-state index contributed by atoms with van der Waals surface area (Å²) in [5.74, 6) is -0.942. The van der Waals surface area contributed by atoms with Gasteiger partial charge in [-0.2, -0.15) is 0 Å². The molecule has 0 rings (SSSR count). The lowest BCUT2D eigenvalue weighted by atomic mass is 10.4. The molecule has 7 heteroatoms. The molecule has 88 valence electrons. The van der Waals surface area contributed by atoms with Crippen LogP contribution in [0.3, 0.4) is 0 Å². The van der Waals surface area contributed by atoms with Crippen LogP contribution in [0.15, 0.2) is 0 Å². The first-order chi connectivity index (χ1) is 6.76. The van der Waals surface area contributed by atoms with Gasteiger partial charge in [0.05, 0.1) is 11.5 Å². The van der Waals surface area contributed by atoms with Gasteiger partial charge in [0.2, 0.25) is 5.91 Å². The summed E-state index contributed by atoms with van der Waals surface area (Å²) in [6, 6.07) is 0. The third-order valence-corrected chi connectivity index (χ3v) is 2.48. The van der Waals surface area contributed by atoms with Crippen molar-refractivity contribution in [1.82, 2.24) is 4.90 Å². The highest BCUT2D eigenvalue weighted by atomic mass is 32.2. The van der Waals surface area contributed by atoms with Gasteiger partial charge >= 0.3 is 0 Å². The van der Waals surface area contributed by atoms with E-state index in [9.17, 15) is 13.2 Å². The number of nitrogens with two attached hydrogens (primary N) is 1. The minimum atomic E-state index is -3.30. The maximum absolute atomic E-state index is 11.5. The molecule has 0 aromatic carbocycles.